The Morgan fingerprint density at radius 2 is 1.70 bits per heavy atom. The van der Waals surface area contributed by atoms with Crippen molar-refractivity contribution in [3.63, 3.8) is 0 Å². The zero-order valence-corrected chi connectivity index (χ0v) is 28.1. The number of esters is 1. The van der Waals surface area contributed by atoms with Gasteiger partial charge in [-0.25, -0.2) is 4.79 Å². The molecule has 9 nitrogen and oxygen atoms in total. The summed E-state index contributed by atoms with van der Waals surface area (Å²) in [7, 11) is 1.26. The molecule has 1 aliphatic heterocycles. The number of halogens is 1. The standard InChI is InChI=1S/C36H32BrN3O6S/c1-4-6-17-27(5-2)40-35(44)28(20-24-18-19-30(29(37)21-24)46-22-32(42)45-3)34(43)39-36(40)47-23-31(41)38-33(25-13-9-7-10-14-25)26-15-11-8-12-16-26/h4-21,33H,1,22-23H2,2-3H3,(H,38,41)/b17-6-,27-5+,28-20+. The van der Waals surface area contributed by atoms with Crippen LogP contribution in [0.5, 0.6) is 5.75 Å². The number of aliphatic imine (C=N–C) groups is 1. The first-order valence-corrected chi connectivity index (χ1v) is 16.2. The van der Waals surface area contributed by atoms with Gasteiger partial charge >= 0.3 is 5.97 Å². The molecule has 0 radical (unpaired) electrons. The molecule has 3 amide bonds. The van der Waals surface area contributed by atoms with E-state index in [2.05, 4.69) is 37.6 Å². The molecular formula is C36H32BrN3O6S. The Morgan fingerprint density at radius 1 is 1.04 bits per heavy atom. The number of thioether (sulfide) groups is 1. The number of amidine groups is 1. The molecule has 0 atom stereocenters. The van der Waals surface area contributed by atoms with E-state index in [9.17, 15) is 19.2 Å². The van der Waals surface area contributed by atoms with E-state index in [0.717, 1.165) is 22.9 Å². The van der Waals surface area contributed by atoms with Crippen LogP contribution in [0.4, 0.5) is 0 Å². The molecule has 11 heteroatoms. The number of rotatable bonds is 12. The fourth-order valence-electron chi connectivity index (χ4n) is 4.48. The number of carbonyl (C=O) groups excluding carboxylic acids is 4. The summed E-state index contributed by atoms with van der Waals surface area (Å²) >= 11 is 4.38. The predicted octanol–water partition coefficient (Wildman–Crippen LogP) is 6.39. The first-order valence-electron chi connectivity index (χ1n) is 14.4. The lowest BCUT2D eigenvalue weighted by Crippen LogP contribution is -2.42. The van der Waals surface area contributed by atoms with Crippen LogP contribution in [-0.4, -0.2) is 53.2 Å². The van der Waals surface area contributed by atoms with Gasteiger partial charge in [0.15, 0.2) is 11.8 Å². The summed E-state index contributed by atoms with van der Waals surface area (Å²) in [5.74, 6) is -1.92. The van der Waals surface area contributed by atoms with Crippen LogP contribution in [0.1, 0.15) is 29.7 Å². The Labute approximate surface area is 285 Å². The highest BCUT2D eigenvalue weighted by Gasteiger charge is 2.35. The number of nitrogens with one attached hydrogen (secondary N) is 1. The third-order valence-electron chi connectivity index (χ3n) is 6.75. The highest BCUT2D eigenvalue weighted by atomic mass is 79.9. The smallest absolute Gasteiger partial charge is 0.343 e. The summed E-state index contributed by atoms with van der Waals surface area (Å²) in [5.41, 5.74) is 2.61. The molecule has 3 aromatic rings. The molecule has 0 unspecified atom stereocenters. The van der Waals surface area contributed by atoms with Crippen LogP contribution >= 0.6 is 27.7 Å². The van der Waals surface area contributed by atoms with Crippen LogP contribution in [0.15, 0.2) is 130 Å². The van der Waals surface area contributed by atoms with Gasteiger partial charge in [0.25, 0.3) is 11.8 Å². The fraction of sp³-hybridized carbons (Fsp3) is 0.139. The van der Waals surface area contributed by atoms with E-state index in [1.807, 2.05) is 60.7 Å². The van der Waals surface area contributed by atoms with Crippen LogP contribution in [0.25, 0.3) is 6.08 Å². The molecule has 1 aliphatic rings. The topological polar surface area (TPSA) is 114 Å². The molecule has 0 saturated heterocycles. The van der Waals surface area contributed by atoms with E-state index >= 15 is 0 Å². The number of nitrogens with zero attached hydrogens (tertiary/aromatic N) is 2. The van der Waals surface area contributed by atoms with Crippen LogP contribution in [-0.2, 0) is 23.9 Å². The van der Waals surface area contributed by atoms with Crippen molar-refractivity contribution >= 4 is 62.6 Å². The quantitative estimate of drug-likeness (QED) is 0.100. The minimum atomic E-state index is -0.745. The third-order valence-corrected chi connectivity index (χ3v) is 8.31. The van der Waals surface area contributed by atoms with Gasteiger partial charge in [-0.15, -0.1) is 0 Å². The van der Waals surface area contributed by atoms with Gasteiger partial charge in [0, 0.05) is 5.70 Å². The molecule has 0 saturated carbocycles. The highest BCUT2D eigenvalue weighted by molar-refractivity contribution is 9.10. The predicted molar refractivity (Wildman–Crippen MR) is 187 cm³/mol. The largest absolute Gasteiger partial charge is 0.481 e. The van der Waals surface area contributed by atoms with E-state index in [0.29, 0.717) is 21.5 Å². The Hall–Kier alpha value is -5.00. The van der Waals surface area contributed by atoms with E-state index in [1.165, 1.54) is 18.1 Å². The van der Waals surface area contributed by atoms with E-state index < -0.39 is 23.8 Å². The summed E-state index contributed by atoms with van der Waals surface area (Å²) in [6.07, 6.45) is 8.02. The molecule has 0 aromatic heterocycles. The van der Waals surface area contributed by atoms with Gasteiger partial charge < -0.3 is 14.8 Å². The lowest BCUT2D eigenvalue weighted by Gasteiger charge is -2.28. The molecule has 240 valence electrons. The molecule has 1 heterocycles. The minimum Gasteiger partial charge on any atom is -0.481 e. The van der Waals surface area contributed by atoms with Gasteiger partial charge in [-0.2, -0.15) is 4.99 Å². The number of ether oxygens (including phenoxy) is 2. The number of hydrogen-bond acceptors (Lipinski definition) is 7. The van der Waals surface area contributed by atoms with Gasteiger partial charge in [-0.05, 0) is 63.8 Å². The van der Waals surface area contributed by atoms with Gasteiger partial charge in [0.2, 0.25) is 5.91 Å². The second kappa shape index (κ2) is 17.1. The third kappa shape index (κ3) is 9.27. The SMILES string of the molecule is C=C/C=C\C(=C/C)N1C(=O)/C(=C/c2ccc(OCC(=O)OC)c(Br)c2)C(=O)N=C1SCC(=O)NC(c1ccccc1)c1ccccc1. The zero-order chi connectivity index (χ0) is 33.8. The van der Waals surface area contributed by atoms with Gasteiger partial charge in [-0.1, -0.05) is 103 Å². The monoisotopic (exact) mass is 713 g/mol. The lowest BCUT2D eigenvalue weighted by molar-refractivity contribution is -0.143. The van der Waals surface area contributed by atoms with Crippen molar-refractivity contribution < 1.29 is 28.7 Å². The van der Waals surface area contributed by atoms with Crippen molar-refractivity contribution in [3.8, 4) is 5.75 Å². The van der Waals surface area contributed by atoms with Crippen molar-refractivity contribution in [2.45, 2.75) is 13.0 Å². The Morgan fingerprint density at radius 3 is 2.28 bits per heavy atom. The molecule has 0 spiro atoms. The average Bonchev–Trinajstić information content (AvgIpc) is 3.09. The molecule has 0 aliphatic carbocycles. The molecule has 47 heavy (non-hydrogen) atoms. The average molecular weight is 715 g/mol. The fourth-order valence-corrected chi connectivity index (χ4v) is 5.80. The first-order chi connectivity index (χ1) is 22.7. The van der Waals surface area contributed by atoms with Gasteiger partial charge in [-0.3, -0.25) is 19.3 Å². The Bertz CT molecular complexity index is 1730. The molecular weight excluding hydrogens is 682 g/mol. The Kier molecular flexibility index (Phi) is 12.7. The maximum atomic E-state index is 13.9. The normalized spacial score (nSPS) is 14.4. The van der Waals surface area contributed by atoms with E-state index in [4.69, 9.17) is 4.74 Å². The molecule has 4 rings (SSSR count). The number of benzene rings is 3. The molecule has 1 N–H and O–H groups in total. The van der Waals surface area contributed by atoms with Crippen molar-refractivity contribution in [1.82, 2.24) is 10.2 Å². The molecule has 0 bridgehead atoms. The van der Waals surface area contributed by atoms with E-state index in [-0.39, 0.29) is 29.0 Å². The number of hydrogen-bond donors (Lipinski definition) is 1. The number of allylic oxidation sites excluding steroid dienone is 4. The van der Waals surface area contributed by atoms with Crippen molar-refractivity contribution in [3.05, 3.63) is 142 Å². The number of methoxy groups -OCH3 is 1. The first kappa shape index (κ1) is 34.9. The number of amides is 3. The maximum Gasteiger partial charge on any atom is 0.343 e. The summed E-state index contributed by atoms with van der Waals surface area (Å²) in [6, 6.07) is 23.7. The van der Waals surface area contributed by atoms with Crippen molar-refractivity contribution in [1.29, 1.82) is 0 Å². The second-order valence-corrected chi connectivity index (χ2v) is 11.7. The van der Waals surface area contributed by atoms with Crippen molar-refractivity contribution in [2.24, 2.45) is 4.99 Å². The summed E-state index contributed by atoms with van der Waals surface area (Å²) in [5, 5.41) is 3.14. The van der Waals surface area contributed by atoms with E-state index in [1.54, 1.807) is 49.4 Å². The van der Waals surface area contributed by atoms with Crippen LogP contribution < -0.4 is 10.1 Å². The maximum absolute atomic E-state index is 13.9. The van der Waals surface area contributed by atoms with Crippen molar-refractivity contribution in [2.75, 3.05) is 19.5 Å². The number of carbonyl (C=O) groups is 4. The summed E-state index contributed by atoms with van der Waals surface area (Å²) < 4.78 is 10.5. The highest BCUT2D eigenvalue weighted by Crippen LogP contribution is 2.30. The van der Waals surface area contributed by atoms with Gasteiger partial charge in [0.05, 0.1) is 23.4 Å². The Balaban J connectivity index is 1.59. The van der Waals surface area contributed by atoms with Crippen LogP contribution in [0.3, 0.4) is 0 Å². The summed E-state index contributed by atoms with van der Waals surface area (Å²) in [6.45, 7) is 5.17. The second-order valence-electron chi connectivity index (χ2n) is 9.87. The minimum absolute atomic E-state index is 0.0674. The van der Waals surface area contributed by atoms with Gasteiger partial charge in [0.1, 0.15) is 11.3 Å². The molecule has 0 fully saturated rings. The zero-order valence-electron chi connectivity index (χ0n) is 25.7. The van der Waals surface area contributed by atoms with Crippen LogP contribution in [0, 0.1) is 0 Å². The summed E-state index contributed by atoms with van der Waals surface area (Å²) in [4.78, 5) is 57.5. The lowest BCUT2D eigenvalue weighted by atomic mass is 9.99. The van der Waals surface area contributed by atoms with Crippen LogP contribution in [0.2, 0.25) is 0 Å². The molecule has 3 aromatic carbocycles.